The number of ether oxygens (including phenoxy) is 3. The van der Waals surface area contributed by atoms with Crippen molar-refractivity contribution in [2.24, 2.45) is 0 Å². The minimum Gasteiger partial charge on any atom is -0.493 e. The number of rotatable bonds is 6. The molecule has 178 valence electrons. The van der Waals surface area contributed by atoms with Crippen molar-refractivity contribution in [1.82, 2.24) is 0 Å². The van der Waals surface area contributed by atoms with E-state index in [1.165, 1.54) is 30.2 Å². The van der Waals surface area contributed by atoms with Gasteiger partial charge in [-0.2, -0.15) is 0 Å². The molecule has 5 rings (SSSR count). The Morgan fingerprint density at radius 1 is 1.06 bits per heavy atom. The molecule has 0 spiro atoms. The summed E-state index contributed by atoms with van der Waals surface area (Å²) >= 11 is 5.94. The highest BCUT2D eigenvalue weighted by Gasteiger charge is 2.43. The lowest BCUT2D eigenvalue weighted by atomic mass is 9.84. The zero-order valence-electron chi connectivity index (χ0n) is 18.8. The third-order valence-corrected chi connectivity index (χ3v) is 6.40. The van der Waals surface area contributed by atoms with E-state index in [2.05, 4.69) is 0 Å². The van der Waals surface area contributed by atoms with Crippen LogP contribution >= 0.6 is 11.6 Å². The van der Waals surface area contributed by atoms with Gasteiger partial charge in [-0.05, 0) is 41.5 Å². The Morgan fingerprint density at radius 2 is 1.86 bits per heavy atom. The van der Waals surface area contributed by atoms with Gasteiger partial charge < -0.3 is 14.2 Å². The fourth-order valence-electron chi connectivity index (χ4n) is 4.42. The second-order valence-electron chi connectivity index (χ2n) is 8.21. The first-order valence-electron chi connectivity index (χ1n) is 11.0. The molecule has 2 aliphatic heterocycles. The normalized spacial score (nSPS) is 17.3. The molecule has 0 N–H and O–H groups in total. The highest BCUT2D eigenvalue weighted by atomic mass is 35.5. The van der Waals surface area contributed by atoms with Crippen molar-refractivity contribution in [2.75, 3.05) is 18.6 Å². The number of carbonyl (C=O) groups is 2. The molecule has 0 bridgehead atoms. The predicted molar refractivity (Wildman–Crippen MR) is 128 cm³/mol. The van der Waals surface area contributed by atoms with Gasteiger partial charge in [-0.25, -0.2) is 9.18 Å². The fraction of sp³-hybridized carbons (Fsp3) is 0.185. The fourth-order valence-corrected chi connectivity index (χ4v) is 4.59. The van der Waals surface area contributed by atoms with Crippen LogP contribution < -0.4 is 14.4 Å². The van der Waals surface area contributed by atoms with Gasteiger partial charge >= 0.3 is 5.97 Å². The minimum absolute atomic E-state index is 0.0241. The van der Waals surface area contributed by atoms with Crippen LogP contribution in [0.1, 0.15) is 23.5 Å². The van der Waals surface area contributed by atoms with E-state index in [9.17, 15) is 14.0 Å². The van der Waals surface area contributed by atoms with Crippen molar-refractivity contribution in [3.05, 3.63) is 100.0 Å². The monoisotopic (exact) mass is 493 g/mol. The maximum absolute atomic E-state index is 13.7. The zero-order valence-corrected chi connectivity index (χ0v) is 19.5. The van der Waals surface area contributed by atoms with Gasteiger partial charge in [0.2, 0.25) is 5.91 Å². The van der Waals surface area contributed by atoms with Crippen LogP contribution in [0.15, 0.2) is 78.0 Å². The maximum atomic E-state index is 13.7. The number of nitrogens with zero attached hydrogens (tertiary/aromatic N) is 1. The molecule has 1 unspecified atom stereocenters. The summed E-state index contributed by atoms with van der Waals surface area (Å²) in [6.45, 7) is 0.316. The van der Waals surface area contributed by atoms with Gasteiger partial charge in [-0.3, -0.25) is 9.69 Å². The highest BCUT2D eigenvalue weighted by molar-refractivity contribution is 6.31. The van der Waals surface area contributed by atoms with E-state index in [-0.39, 0.29) is 24.0 Å². The summed E-state index contributed by atoms with van der Waals surface area (Å²) in [5.41, 5.74) is 2.95. The molecule has 3 aromatic carbocycles. The number of anilines is 1. The van der Waals surface area contributed by atoms with Crippen LogP contribution in [0.3, 0.4) is 0 Å². The molecule has 1 amide bonds. The molecule has 35 heavy (non-hydrogen) atoms. The Morgan fingerprint density at radius 3 is 2.60 bits per heavy atom. The smallest absolute Gasteiger partial charge is 0.336 e. The number of carbonyl (C=O) groups excluding carboxylic acids is 2. The summed E-state index contributed by atoms with van der Waals surface area (Å²) in [6, 6.07) is 19.1. The molecule has 2 aliphatic rings. The van der Waals surface area contributed by atoms with E-state index in [1.807, 2.05) is 36.4 Å². The van der Waals surface area contributed by atoms with Gasteiger partial charge in [0, 0.05) is 12.3 Å². The number of hydrogen-bond acceptors (Lipinski definition) is 5. The quantitative estimate of drug-likeness (QED) is 0.430. The van der Waals surface area contributed by atoms with Crippen LogP contribution in [0.2, 0.25) is 5.02 Å². The highest BCUT2D eigenvalue weighted by Crippen LogP contribution is 2.44. The Kier molecular flexibility index (Phi) is 6.17. The first-order chi connectivity index (χ1) is 17.0. The second kappa shape index (κ2) is 9.43. The first-order valence-corrected chi connectivity index (χ1v) is 11.4. The van der Waals surface area contributed by atoms with E-state index in [0.717, 1.165) is 11.1 Å². The second-order valence-corrected chi connectivity index (χ2v) is 8.61. The van der Waals surface area contributed by atoms with E-state index in [4.69, 9.17) is 25.8 Å². The molecule has 1 atom stereocenters. The lowest BCUT2D eigenvalue weighted by Gasteiger charge is -2.32. The van der Waals surface area contributed by atoms with Gasteiger partial charge in [0.25, 0.3) is 0 Å². The van der Waals surface area contributed by atoms with Crippen LogP contribution in [0.25, 0.3) is 0 Å². The summed E-state index contributed by atoms with van der Waals surface area (Å²) < 4.78 is 30.5. The van der Waals surface area contributed by atoms with Crippen molar-refractivity contribution in [2.45, 2.75) is 18.9 Å². The molecule has 0 fully saturated rings. The summed E-state index contributed by atoms with van der Waals surface area (Å²) in [5.74, 6) is -0.804. The van der Waals surface area contributed by atoms with Crippen LogP contribution in [0.5, 0.6) is 11.5 Å². The molecular weight excluding hydrogens is 473 g/mol. The SMILES string of the molecule is COc1cc(C2CC(=O)N(c3ccc(F)c(Cl)c3)C3=C2C(=O)OC3)ccc1OCc1ccccc1. The van der Waals surface area contributed by atoms with Crippen LogP contribution in [0, 0.1) is 5.82 Å². The molecule has 0 saturated heterocycles. The van der Waals surface area contributed by atoms with Gasteiger partial charge in [0.15, 0.2) is 11.5 Å². The summed E-state index contributed by atoms with van der Waals surface area (Å²) in [4.78, 5) is 27.3. The number of halogens is 2. The van der Waals surface area contributed by atoms with E-state index in [0.29, 0.717) is 35.1 Å². The van der Waals surface area contributed by atoms with Crippen molar-refractivity contribution < 1.29 is 28.2 Å². The summed E-state index contributed by atoms with van der Waals surface area (Å²) in [6.07, 6.45) is 0.0241. The molecule has 6 nitrogen and oxygen atoms in total. The Bertz CT molecular complexity index is 1340. The molecule has 0 aromatic heterocycles. The zero-order chi connectivity index (χ0) is 24.5. The van der Waals surface area contributed by atoms with Gasteiger partial charge in [0.1, 0.15) is 19.0 Å². The number of amides is 1. The van der Waals surface area contributed by atoms with Crippen molar-refractivity contribution in [1.29, 1.82) is 0 Å². The molecule has 8 heteroatoms. The standard InChI is InChI=1S/C27H21ClFNO5/c1-33-24-11-17(7-10-23(24)34-14-16-5-3-2-4-6-16)19-13-25(31)30(22-15-35-27(32)26(19)22)18-8-9-21(29)20(28)12-18/h2-12,19H,13-15H2,1H3. The number of cyclic esters (lactones) is 1. The van der Waals surface area contributed by atoms with Gasteiger partial charge in [0.05, 0.1) is 29.1 Å². The number of benzene rings is 3. The molecule has 2 heterocycles. The van der Waals surface area contributed by atoms with E-state index < -0.39 is 17.7 Å². The molecule has 0 radical (unpaired) electrons. The third kappa shape index (κ3) is 4.35. The lowest BCUT2D eigenvalue weighted by Crippen LogP contribution is -2.37. The molecule has 3 aromatic rings. The third-order valence-electron chi connectivity index (χ3n) is 6.11. The topological polar surface area (TPSA) is 65.1 Å². The summed E-state index contributed by atoms with van der Waals surface area (Å²) in [7, 11) is 1.54. The lowest BCUT2D eigenvalue weighted by molar-refractivity contribution is -0.136. The largest absolute Gasteiger partial charge is 0.493 e. The Balaban J connectivity index is 1.47. The average molecular weight is 494 g/mol. The van der Waals surface area contributed by atoms with Crippen molar-refractivity contribution >= 4 is 29.2 Å². The Labute approximate surface area is 206 Å². The van der Waals surface area contributed by atoms with Crippen LogP contribution in [-0.2, 0) is 20.9 Å². The van der Waals surface area contributed by atoms with Crippen molar-refractivity contribution in [3.63, 3.8) is 0 Å². The van der Waals surface area contributed by atoms with Gasteiger partial charge in [-0.15, -0.1) is 0 Å². The van der Waals surface area contributed by atoms with Crippen molar-refractivity contribution in [3.8, 4) is 11.5 Å². The maximum Gasteiger partial charge on any atom is 0.336 e. The summed E-state index contributed by atoms with van der Waals surface area (Å²) in [5, 5.41) is -0.111. The van der Waals surface area contributed by atoms with E-state index >= 15 is 0 Å². The van der Waals surface area contributed by atoms with Gasteiger partial charge in [-0.1, -0.05) is 48.0 Å². The van der Waals surface area contributed by atoms with Crippen LogP contribution in [-0.4, -0.2) is 25.6 Å². The number of methoxy groups -OCH3 is 1. The Hall–Kier alpha value is -3.84. The minimum atomic E-state index is -0.590. The molecular formula is C27H21ClFNO5. The first kappa shape index (κ1) is 22.9. The van der Waals surface area contributed by atoms with Crippen LogP contribution in [0.4, 0.5) is 10.1 Å². The molecule has 0 aliphatic carbocycles. The number of esters is 1. The molecule has 0 saturated carbocycles. The number of hydrogen-bond donors (Lipinski definition) is 0. The average Bonchev–Trinajstić information content (AvgIpc) is 3.25. The predicted octanol–water partition coefficient (Wildman–Crippen LogP) is 5.40. The van der Waals surface area contributed by atoms with E-state index in [1.54, 1.807) is 12.1 Å².